The van der Waals surface area contributed by atoms with Crippen molar-refractivity contribution >= 4 is 0 Å². The van der Waals surface area contributed by atoms with Gasteiger partial charge in [-0.2, -0.15) is 0 Å². The molecular weight excluding hydrogens is 178 g/mol. The largest absolute Gasteiger partial charge is 0.380 e. The molecule has 0 aliphatic rings. The second-order valence-electron chi connectivity index (χ2n) is 3.52. The highest BCUT2D eigenvalue weighted by Gasteiger charge is 1.99. The lowest BCUT2D eigenvalue weighted by Gasteiger charge is -2.13. The first-order valence-corrected chi connectivity index (χ1v) is 5.20. The fraction of sp³-hybridized carbons (Fsp3) is 0.818. The Morgan fingerprint density at radius 2 is 2.14 bits per heavy atom. The lowest BCUT2D eigenvalue weighted by molar-refractivity contribution is 0.117. The predicted octanol–water partition coefficient (Wildman–Crippen LogP) is 1.59. The van der Waals surface area contributed by atoms with Gasteiger partial charge in [0.05, 0.1) is 19.8 Å². The quantitative estimate of drug-likeness (QED) is 0.454. The van der Waals surface area contributed by atoms with Gasteiger partial charge in [-0.15, -0.1) is 0 Å². The highest BCUT2D eigenvalue weighted by molar-refractivity contribution is 4.87. The van der Waals surface area contributed by atoms with E-state index in [-0.39, 0.29) is 0 Å². The van der Waals surface area contributed by atoms with E-state index in [4.69, 9.17) is 9.47 Å². The van der Waals surface area contributed by atoms with Crippen LogP contribution < -0.4 is 5.32 Å². The standard InChI is InChI=1S/C11H23NO2/c1-5-13-9-11(4)12-6-7-14-8-10(2)3/h11-12H,2,5-9H2,1,3-4H3. The Morgan fingerprint density at radius 1 is 1.43 bits per heavy atom. The Balaban J connectivity index is 3.14. The topological polar surface area (TPSA) is 30.5 Å². The molecular formula is C11H23NO2. The Hall–Kier alpha value is -0.380. The van der Waals surface area contributed by atoms with Crippen LogP contribution in [0.25, 0.3) is 0 Å². The van der Waals surface area contributed by atoms with Crippen LogP contribution in [-0.4, -0.2) is 39.0 Å². The van der Waals surface area contributed by atoms with Crippen LogP contribution in [-0.2, 0) is 9.47 Å². The highest BCUT2D eigenvalue weighted by Crippen LogP contribution is 1.88. The maximum atomic E-state index is 5.35. The van der Waals surface area contributed by atoms with Crippen LogP contribution in [0.15, 0.2) is 12.2 Å². The number of hydrogen-bond donors (Lipinski definition) is 1. The molecule has 1 atom stereocenters. The Kier molecular flexibility index (Phi) is 8.94. The molecule has 0 aliphatic carbocycles. The van der Waals surface area contributed by atoms with Crippen LogP contribution in [0.3, 0.4) is 0 Å². The maximum Gasteiger partial charge on any atom is 0.0672 e. The van der Waals surface area contributed by atoms with Gasteiger partial charge in [-0.1, -0.05) is 12.2 Å². The van der Waals surface area contributed by atoms with Crippen LogP contribution in [0, 0.1) is 0 Å². The average Bonchev–Trinajstić information content (AvgIpc) is 2.13. The molecule has 0 saturated heterocycles. The number of ether oxygens (including phenoxy) is 2. The molecule has 0 aliphatic heterocycles. The van der Waals surface area contributed by atoms with E-state index in [1.807, 2.05) is 13.8 Å². The van der Waals surface area contributed by atoms with Crippen molar-refractivity contribution in [3.8, 4) is 0 Å². The van der Waals surface area contributed by atoms with Crippen molar-refractivity contribution in [2.24, 2.45) is 0 Å². The second-order valence-corrected chi connectivity index (χ2v) is 3.52. The van der Waals surface area contributed by atoms with Gasteiger partial charge in [-0.3, -0.25) is 0 Å². The van der Waals surface area contributed by atoms with E-state index in [1.54, 1.807) is 0 Å². The monoisotopic (exact) mass is 201 g/mol. The first-order valence-electron chi connectivity index (χ1n) is 5.20. The zero-order valence-corrected chi connectivity index (χ0v) is 9.64. The third-order valence-corrected chi connectivity index (χ3v) is 1.66. The molecule has 3 heteroatoms. The molecule has 0 spiro atoms. The van der Waals surface area contributed by atoms with Crippen LogP contribution in [0.4, 0.5) is 0 Å². The summed E-state index contributed by atoms with van der Waals surface area (Å²) in [5.74, 6) is 0. The van der Waals surface area contributed by atoms with Gasteiger partial charge in [0.15, 0.2) is 0 Å². The fourth-order valence-electron chi connectivity index (χ4n) is 0.977. The molecule has 0 bridgehead atoms. The molecule has 0 aromatic heterocycles. The molecule has 0 saturated carbocycles. The molecule has 0 fully saturated rings. The average molecular weight is 201 g/mol. The SMILES string of the molecule is C=C(C)COCCNC(C)COCC. The lowest BCUT2D eigenvalue weighted by atomic mass is 10.3. The summed E-state index contributed by atoms with van der Waals surface area (Å²) < 4.78 is 10.6. The van der Waals surface area contributed by atoms with Crippen molar-refractivity contribution in [1.82, 2.24) is 5.32 Å². The molecule has 1 N–H and O–H groups in total. The van der Waals surface area contributed by atoms with Crippen LogP contribution in [0.5, 0.6) is 0 Å². The second kappa shape index (κ2) is 9.19. The van der Waals surface area contributed by atoms with Crippen molar-refractivity contribution in [3.63, 3.8) is 0 Å². The van der Waals surface area contributed by atoms with Crippen LogP contribution >= 0.6 is 0 Å². The van der Waals surface area contributed by atoms with E-state index in [1.165, 1.54) is 0 Å². The van der Waals surface area contributed by atoms with Gasteiger partial charge in [-0.05, 0) is 20.8 Å². The van der Waals surface area contributed by atoms with E-state index < -0.39 is 0 Å². The molecule has 3 nitrogen and oxygen atoms in total. The normalized spacial score (nSPS) is 12.8. The van der Waals surface area contributed by atoms with E-state index in [9.17, 15) is 0 Å². The zero-order chi connectivity index (χ0) is 10.8. The van der Waals surface area contributed by atoms with E-state index >= 15 is 0 Å². The van der Waals surface area contributed by atoms with Crippen molar-refractivity contribution in [3.05, 3.63) is 12.2 Å². The van der Waals surface area contributed by atoms with Gasteiger partial charge in [0.25, 0.3) is 0 Å². The van der Waals surface area contributed by atoms with Gasteiger partial charge in [0.1, 0.15) is 0 Å². The molecule has 0 rings (SSSR count). The number of hydrogen-bond acceptors (Lipinski definition) is 3. The predicted molar refractivity (Wildman–Crippen MR) is 59.6 cm³/mol. The van der Waals surface area contributed by atoms with Crippen molar-refractivity contribution < 1.29 is 9.47 Å². The van der Waals surface area contributed by atoms with Crippen molar-refractivity contribution in [2.75, 3.05) is 33.0 Å². The van der Waals surface area contributed by atoms with Crippen LogP contribution in [0.1, 0.15) is 20.8 Å². The summed E-state index contributed by atoms with van der Waals surface area (Å²) in [6.07, 6.45) is 0. The summed E-state index contributed by atoms with van der Waals surface area (Å²) in [5.41, 5.74) is 1.06. The molecule has 14 heavy (non-hydrogen) atoms. The van der Waals surface area contributed by atoms with Gasteiger partial charge >= 0.3 is 0 Å². The molecule has 0 radical (unpaired) electrons. The van der Waals surface area contributed by atoms with Gasteiger partial charge < -0.3 is 14.8 Å². The first-order chi connectivity index (χ1) is 6.66. The number of nitrogens with one attached hydrogen (secondary N) is 1. The zero-order valence-electron chi connectivity index (χ0n) is 9.64. The third-order valence-electron chi connectivity index (χ3n) is 1.66. The molecule has 0 aromatic rings. The Morgan fingerprint density at radius 3 is 2.71 bits per heavy atom. The molecule has 0 aromatic carbocycles. The minimum Gasteiger partial charge on any atom is -0.380 e. The summed E-state index contributed by atoms with van der Waals surface area (Å²) in [7, 11) is 0. The van der Waals surface area contributed by atoms with Gasteiger partial charge in [-0.25, -0.2) is 0 Å². The van der Waals surface area contributed by atoms with Crippen LogP contribution in [0.2, 0.25) is 0 Å². The third kappa shape index (κ3) is 9.71. The summed E-state index contributed by atoms with van der Waals surface area (Å²) in [6.45, 7) is 13.6. The summed E-state index contributed by atoms with van der Waals surface area (Å²) in [5, 5.41) is 3.31. The number of rotatable bonds is 9. The molecule has 1 unspecified atom stereocenters. The minimum atomic E-state index is 0.392. The minimum absolute atomic E-state index is 0.392. The first kappa shape index (κ1) is 13.6. The van der Waals surface area contributed by atoms with E-state index in [2.05, 4.69) is 18.8 Å². The highest BCUT2D eigenvalue weighted by atomic mass is 16.5. The van der Waals surface area contributed by atoms with Crippen molar-refractivity contribution in [1.29, 1.82) is 0 Å². The van der Waals surface area contributed by atoms with Gasteiger partial charge in [0, 0.05) is 19.2 Å². The molecule has 0 amide bonds. The summed E-state index contributed by atoms with van der Waals surface area (Å²) in [4.78, 5) is 0. The summed E-state index contributed by atoms with van der Waals surface area (Å²) >= 11 is 0. The maximum absolute atomic E-state index is 5.35. The Labute approximate surface area is 87.5 Å². The Bertz CT molecular complexity index is 148. The fourth-order valence-corrected chi connectivity index (χ4v) is 0.977. The smallest absolute Gasteiger partial charge is 0.0672 e. The van der Waals surface area contributed by atoms with Gasteiger partial charge in [0.2, 0.25) is 0 Å². The lowest BCUT2D eigenvalue weighted by Crippen LogP contribution is -2.33. The van der Waals surface area contributed by atoms with E-state index in [0.29, 0.717) is 12.6 Å². The van der Waals surface area contributed by atoms with E-state index in [0.717, 1.165) is 31.9 Å². The summed E-state index contributed by atoms with van der Waals surface area (Å²) in [6, 6.07) is 0.392. The molecule has 84 valence electrons. The van der Waals surface area contributed by atoms with Crippen molar-refractivity contribution in [2.45, 2.75) is 26.8 Å². The molecule has 0 heterocycles.